The topological polar surface area (TPSA) is 43.8 Å². The highest BCUT2D eigenvalue weighted by Crippen LogP contribution is 2.33. The fourth-order valence-corrected chi connectivity index (χ4v) is 3.87. The number of aliphatic hydroxyl groups is 1. The summed E-state index contributed by atoms with van der Waals surface area (Å²) in [5.41, 5.74) is 2.04. The molecule has 1 saturated heterocycles. The van der Waals surface area contributed by atoms with E-state index in [2.05, 4.69) is 4.90 Å². The molecule has 150 valence electrons. The van der Waals surface area contributed by atoms with Gasteiger partial charge in [0.15, 0.2) is 5.78 Å². The van der Waals surface area contributed by atoms with Crippen LogP contribution in [-0.2, 0) is 5.60 Å². The minimum atomic E-state index is -0.773. The van der Waals surface area contributed by atoms with Gasteiger partial charge in [0.25, 0.3) is 0 Å². The van der Waals surface area contributed by atoms with E-state index in [0.717, 1.165) is 42.9 Å². The predicted molar refractivity (Wildman–Crippen MR) is 115 cm³/mol. The Morgan fingerprint density at radius 2 is 1.68 bits per heavy atom. The number of likely N-dealkylation sites (tertiary alicyclic amines) is 1. The molecule has 4 nitrogen and oxygen atoms in total. The molecule has 1 aliphatic heterocycles. The van der Waals surface area contributed by atoms with E-state index in [4.69, 9.17) is 11.6 Å². The number of halogens is 1. The first kappa shape index (κ1) is 20.8. The van der Waals surface area contributed by atoms with E-state index < -0.39 is 5.60 Å². The Labute approximate surface area is 172 Å². The quantitative estimate of drug-likeness (QED) is 0.701. The van der Waals surface area contributed by atoms with Gasteiger partial charge in [-0.05, 0) is 67.8 Å². The van der Waals surface area contributed by atoms with Crippen molar-refractivity contribution in [3.63, 3.8) is 0 Å². The van der Waals surface area contributed by atoms with Crippen molar-refractivity contribution in [2.45, 2.75) is 31.3 Å². The molecule has 1 fully saturated rings. The van der Waals surface area contributed by atoms with Crippen molar-refractivity contribution in [2.75, 3.05) is 38.6 Å². The van der Waals surface area contributed by atoms with Gasteiger partial charge >= 0.3 is 0 Å². The van der Waals surface area contributed by atoms with Gasteiger partial charge in [-0.15, -0.1) is 0 Å². The van der Waals surface area contributed by atoms with Gasteiger partial charge in [-0.3, -0.25) is 4.79 Å². The van der Waals surface area contributed by atoms with Gasteiger partial charge in [-0.25, -0.2) is 0 Å². The van der Waals surface area contributed by atoms with E-state index >= 15 is 0 Å². The van der Waals surface area contributed by atoms with Crippen LogP contribution >= 0.6 is 11.6 Å². The van der Waals surface area contributed by atoms with Gasteiger partial charge in [0, 0.05) is 49.9 Å². The lowest BCUT2D eigenvalue weighted by Gasteiger charge is -2.38. The van der Waals surface area contributed by atoms with Gasteiger partial charge < -0.3 is 14.9 Å². The van der Waals surface area contributed by atoms with E-state index in [9.17, 15) is 9.90 Å². The standard InChI is InChI=1S/C23H29ClN2O2/c1-25(2)21-11-5-18(6-12-21)22(27)4-3-15-26-16-13-23(28,14-17-26)19-7-9-20(24)10-8-19/h5-12,28H,3-4,13-17H2,1-2H3. The Balaban J connectivity index is 1.44. The highest BCUT2D eigenvalue weighted by molar-refractivity contribution is 6.30. The van der Waals surface area contributed by atoms with Crippen LogP contribution < -0.4 is 4.90 Å². The summed E-state index contributed by atoms with van der Waals surface area (Å²) in [7, 11) is 3.98. The molecule has 0 atom stereocenters. The Bertz CT molecular complexity index is 779. The first-order chi connectivity index (χ1) is 13.4. The molecular formula is C23H29ClN2O2. The Hall–Kier alpha value is -1.88. The number of carbonyl (C=O) groups excluding carboxylic acids is 1. The van der Waals surface area contributed by atoms with Crippen LogP contribution in [0.2, 0.25) is 5.02 Å². The lowest BCUT2D eigenvalue weighted by atomic mass is 9.84. The Kier molecular flexibility index (Phi) is 6.76. The van der Waals surface area contributed by atoms with Crippen molar-refractivity contribution in [3.05, 3.63) is 64.7 Å². The maximum absolute atomic E-state index is 12.4. The largest absolute Gasteiger partial charge is 0.385 e. The lowest BCUT2D eigenvalue weighted by Crippen LogP contribution is -2.42. The second-order valence-electron chi connectivity index (χ2n) is 7.85. The number of ketones is 1. The Morgan fingerprint density at radius 1 is 1.07 bits per heavy atom. The number of benzene rings is 2. The third kappa shape index (κ3) is 5.13. The number of anilines is 1. The molecule has 28 heavy (non-hydrogen) atoms. The van der Waals surface area contributed by atoms with Crippen LogP contribution in [0, 0.1) is 0 Å². The summed E-state index contributed by atoms with van der Waals surface area (Å²) >= 11 is 5.95. The first-order valence-corrected chi connectivity index (χ1v) is 10.3. The molecule has 0 unspecified atom stereocenters. The van der Waals surface area contributed by atoms with Gasteiger partial charge in [-0.2, -0.15) is 0 Å². The van der Waals surface area contributed by atoms with Crippen LogP contribution in [0.4, 0.5) is 5.69 Å². The summed E-state index contributed by atoms with van der Waals surface area (Å²) in [5.74, 6) is 0.194. The zero-order chi connectivity index (χ0) is 20.1. The van der Waals surface area contributed by atoms with Crippen molar-refractivity contribution in [1.29, 1.82) is 0 Å². The van der Waals surface area contributed by atoms with Crippen LogP contribution in [0.5, 0.6) is 0 Å². The summed E-state index contributed by atoms with van der Waals surface area (Å²) < 4.78 is 0. The first-order valence-electron chi connectivity index (χ1n) is 9.89. The number of nitrogens with zero attached hydrogens (tertiary/aromatic N) is 2. The molecule has 0 radical (unpaired) electrons. The number of hydrogen-bond acceptors (Lipinski definition) is 4. The molecule has 5 heteroatoms. The zero-order valence-corrected chi connectivity index (χ0v) is 17.5. The van der Waals surface area contributed by atoms with Gasteiger partial charge in [0.1, 0.15) is 0 Å². The van der Waals surface area contributed by atoms with E-state index in [1.165, 1.54) is 0 Å². The molecule has 0 bridgehead atoms. The monoisotopic (exact) mass is 400 g/mol. The van der Waals surface area contributed by atoms with Crippen LogP contribution in [0.15, 0.2) is 48.5 Å². The third-order valence-corrected chi connectivity index (χ3v) is 5.90. The molecule has 1 N–H and O–H groups in total. The molecule has 0 spiro atoms. The molecular weight excluding hydrogens is 372 g/mol. The molecule has 2 aromatic carbocycles. The van der Waals surface area contributed by atoms with E-state index in [-0.39, 0.29) is 5.78 Å². The summed E-state index contributed by atoms with van der Waals surface area (Å²) in [5, 5.41) is 11.6. The second kappa shape index (κ2) is 9.08. The molecule has 1 heterocycles. The fraction of sp³-hybridized carbons (Fsp3) is 0.435. The molecule has 0 aliphatic carbocycles. The fourth-order valence-electron chi connectivity index (χ4n) is 3.75. The molecule has 2 aromatic rings. The van der Waals surface area contributed by atoms with Crippen LogP contribution in [-0.4, -0.2) is 49.5 Å². The minimum absolute atomic E-state index is 0.194. The van der Waals surface area contributed by atoms with Crippen molar-refractivity contribution < 1.29 is 9.90 Å². The molecule has 0 aromatic heterocycles. The van der Waals surface area contributed by atoms with Crippen molar-refractivity contribution in [2.24, 2.45) is 0 Å². The number of Topliss-reactive ketones (excluding diaryl/α,β-unsaturated/α-hetero) is 1. The highest BCUT2D eigenvalue weighted by Gasteiger charge is 2.33. The smallest absolute Gasteiger partial charge is 0.162 e. The molecule has 0 amide bonds. The number of hydrogen-bond donors (Lipinski definition) is 1. The highest BCUT2D eigenvalue weighted by atomic mass is 35.5. The number of rotatable bonds is 7. The lowest BCUT2D eigenvalue weighted by molar-refractivity contribution is -0.0260. The van der Waals surface area contributed by atoms with Gasteiger partial charge in [-0.1, -0.05) is 23.7 Å². The molecule has 1 aliphatic rings. The maximum Gasteiger partial charge on any atom is 0.162 e. The summed E-state index contributed by atoms with van der Waals surface area (Å²) in [6.07, 6.45) is 2.80. The van der Waals surface area contributed by atoms with Crippen molar-refractivity contribution in [3.8, 4) is 0 Å². The predicted octanol–water partition coefficient (Wildman–Crippen LogP) is 4.35. The van der Waals surface area contributed by atoms with Gasteiger partial charge in [0.05, 0.1) is 5.60 Å². The third-order valence-electron chi connectivity index (χ3n) is 5.65. The minimum Gasteiger partial charge on any atom is -0.385 e. The van der Waals surface area contributed by atoms with Crippen molar-refractivity contribution in [1.82, 2.24) is 4.90 Å². The van der Waals surface area contributed by atoms with Gasteiger partial charge in [0.2, 0.25) is 0 Å². The van der Waals surface area contributed by atoms with Crippen LogP contribution in [0.1, 0.15) is 41.6 Å². The Morgan fingerprint density at radius 3 is 2.25 bits per heavy atom. The maximum atomic E-state index is 12.4. The van der Waals surface area contributed by atoms with E-state index in [1.807, 2.05) is 67.5 Å². The molecule has 0 saturated carbocycles. The van der Waals surface area contributed by atoms with Crippen LogP contribution in [0.25, 0.3) is 0 Å². The zero-order valence-electron chi connectivity index (χ0n) is 16.7. The normalized spacial score (nSPS) is 16.7. The summed E-state index contributed by atoms with van der Waals surface area (Å²) in [4.78, 5) is 16.8. The SMILES string of the molecule is CN(C)c1ccc(C(=O)CCCN2CCC(O)(c3ccc(Cl)cc3)CC2)cc1. The molecule has 3 rings (SSSR count). The number of piperidine rings is 1. The number of carbonyl (C=O) groups is 1. The summed E-state index contributed by atoms with van der Waals surface area (Å²) in [6.45, 7) is 2.56. The van der Waals surface area contributed by atoms with E-state index in [1.54, 1.807) is 0 Å². The average molecular weight is 401 g/mol. The van der Waals surface area contributed by atoms with Crippen LogP contribution in [0.3, 0.4) is 0 Å². The van der Waals surface area contributed by atoms with E-state index in [0.29, 0.717) is 24.3 Å². The van der Waals surface area contributed by atoms with Crippen molar-refractivity contribution >= 4 is 23.1 Å². The second-order valence-corrected chi connectivity index (χ2v) is 8.28. The summed E-state index contributed by atoms with van der Waals surface area (Å²) in [6, 6.07) is 15.3. The average Bonchev–Trinajstić information content (AvgIpc) is 2.70.